The second kappa shape index (κ2) is 12.8. The van der Waals surface area contributed by atoms with Crippen LogP contribution < -0.4 is 10.6 Å². The summed E-state index contributed by atoms with van der Waals surface area (Å²) in [6.45, 7) is 10.6. The van der Waals surface area contributed by atoms with E-state index in [1.807, 2.05) is 0 Å². The second-order valence-corrected chi connectivity index (χ2v) is 8.47. The summed E-state index contributed by atoms with van der Waals surface area (Å²) in [6, 6.07) is 0.298. The van der Waals surface area contributed by atoms with Gasteiger partial charge in [0, 0.05) is 33.3 Å². The van der Waals surface area contributed by atoms with Crippen molar-refractivity contribution in [1.29, 1.82) is 0 Å². The summed E-state index contributed by atoms with van der Waals surface area (Å²) in [5, 5.41) is 6.79. The Morgan fingerprint density at radius 3 is 2.54 bits per heavy atom. The van der Waals surface area contributed by atoms with Gasteiger partial charge in [0.2, 0.25) is 5.91 Å². The van der Waals surface area contributed by atoms with E-state index < -0.39 is 0 Å². The van der Waals surface area contributed by atoms with Crippen molar-refractivity contribution in [3.8, 4) is 0 Å². The lowest BCUT2D eigenvalue weighted by Gasteiger charge is -2.26. The molecule has 0 aromatic rings. The highest BCUT2D eigenvalue weighted by Gasteiger charge is 2.16. The van der Waals surface area contributed by atoms with Gasteiger partial charge in [-0.05, 0) is 44.4 Å². The quantitative estimate of drug-likeness (QED) is 0.333. The number of hydrogen-bond donors (Lipinski definition) is 2. The third-order valence-electron chi connectivity index (χ3n) is 4.35. The Morgan fingerprint density at radius 2 is 2.00 bits per heavy atom. The van der Waals surface area contributed by atoms with Crippen LogP contribution in [0, 0.1) is 5.41 Å². The van der Waals surface area contributed by atoms with Crippen LogP contribution in [-0.4, -0.2) is 62.7 Å². The zero-order valence-electron chi connectivity index (χ0n) is 17.4. The van der Waals surface area contributed by atoms with Gasteiger partial charge in [-0.25, -0.2) is 4.99 Å². The molecule has 2 unspecified atom stereocenters. The number of likely N-dealkylation sites (N-methyl/N-ethyl adjacent to an activating group) is 1. The average Bonchev–Trinajstić information content (AvgIpc) is 2.55. The first kappa shape index (κ1) is 25.4. The minimum atomic E-state index is -0.00244. The monoisotopic (exact) mass is 482 g/mol. The van der Waals surface area contributed by atoms with Gasteiger partial charge in [-0.3, -0.25) is 4.79 Å². The van der Waals surface area contributed by atoms with Crippen LogP contribution in [0.2, 0.25) is 0 Å². The van der Waals surface area contributed by atoms with Crippen LogP contribution in [0.25, 0.3) is 0 Å². The lowest BCUT2D eigenvalue weighted by atomic mass is 9.89. The summed E-state index contributed by atoms with van der Waals surface area (Å²) in [7, 11) is 3.50. The zero-order valence-corrected chi connectivity index (χ0v) is 19.8. The number of halogens is 1. The first-order chi connectivity index (χ1) is 11.7. The molecule has 154 valence electrons. The minimum absolute atomic E-state index is 0. The number of amides is 1. The van der Waals surface area contributed by atoms with Crippen molar-refractivity contribution in [1.82, 2.24) is 15.5 Å². The molecule has 1 fully saturated rings. The number of hydrogen-bond acceptors (Lipinski definition) is 3. The maximum absolute atomic E-state index is 11.8. The maximum Gasteiger partial charge on any atom is 0.243 e. The van der Waals surface area contributed by atoms with Crippen LogP contribution in [0.3, 0.4) is 0 Å². The smallest absolute Gasteiger partial charge is 0.243 e. The molecule has 7 heteroatoms. The Bertz CT molecular complexity index is 430. The fourth-order valence-electron chi connectivity index (χ4n) is 2.57. The van der Waals surface area contributed by atoms with Crippen LogP contribution in [0.4, 0.5) is 0 Å². The van der Waals surface area contributed by atoms with E-state index in [2.05, 4.69) is 43.3 Å². The van der Waals surface area contributed by atoms with Gasteiger partial charge < -0.3 is 20.3 Å². The lowest BCUT2D eigenvalue weighted by Crippen LogP contribution is -2.46. The predicted molar refractivity (Wildman–Crippen MR) is 119 cm³/mol. The molecular weight excluding hydrogens is 443 g/mol. The molecule has 1 amide bonds. The molecule has 1 aliphatic rings. The van der Waals surface area contributed by atoms with Crippen LogP contribution >= 0.6 is 24.0 Å². The number of carbonyl (C=O) groups excluding carboxylic acids is 1. The van der Waals surface area contributed by atoms with Crippen molar-refractivity contribution in [2.45, 2.75) is 71.9 Å². The topological polar surface area (TPSA) is 66.0 Å². The number of ether oxygens (including phenoxy) is 1. The van der Waals surface area contributed by atoms with E-state index in [-0.39, 0.29) is 42.5 Å². The minimum Gasteiger partial charge on any atom is -0.376 e. The summed E-state index contributed by atoms with van der Waals surface area (Å²) in [5.41, 5.74) is 0.317. The highest BCUT2D eigenvalue weighted by Crippen LogP contribution is 2.21. The molecule has 1 saturated heterocycles. The Kier molecular flexibility index (Phi) is 12.5. The molecule has 0 saturated carbocycles. The van der Waals surface area contributed by atoms with Crippen LogP contribution in [0.15, 0.2) is 4.99 Å². The van der Waals surface area contributed by atoms with Gasteiger partial charge in [-0.2, -0.15) is 0 Å². The number of rotatable bonds is 7. The van der Waals surface area contributed by atoms with Crippen LogP contribution in [0.5, 0.6) is 0 Å². The SMILES string of the molecule is CC(CCC(C)(C)C)NC(=NCC(=O)N(C)C)NCC1CCCCO1.I. The maximum atomic E-state index is 11.8. The van der Waals surface area contributed by atoms with Crippen molar-refractivity contribution in [3.05, 3.63) is 0 Å². The molecule has 0 aromatic heterocycles. The van der Waals surface area contributed by atoms with Gasteiger partial charge in [-0.15, -0.1) is 24.0 Å². The number of nitrogens with one attached hydrogen (secondary N) is 2. The molecule has 26 heavy (non-hydrogen) atoms. The van der Waals surface area contributed by atoms with Crippen molar-refractivity contribution >= 4 is 35.8 Å². The van der Waals surface area contributed by atoms with Gasteiger partial charge in [0.1, 0.15) is 6.54 Å². The van der Waals surface area contributed by atoms with E-state index in [0.29, 0.717) is 17.4 Å². The Hall–Kier alpha value is -0.570. The normalized spacial score (nSPS) is 19.3. The summed E-state index contributed by atoms with van der Waals surface area (Å²) in [5.74, 6) is 0.697. The van der Waals surface area contributed by atoms with Gasteiger partial charge in [-0.1, -0.05) is 20.8 Å². The van der Waals surface area contributed by atoms with E-state index in [9.17, 15) is 4.79 Å². The Labute approximate surface area is 176 Å². The fourth-order valence-corrected chi connectivity index (χ4v) is 2.57. The molecular formula is C19H39IN4O2. The molecule has 0 aromatic carbocycles. The molecule has 2 atom stereocenters. The van der Waals surface area contributed by atoms with Crippen LogP contribution in [0.1, 0.15) is 59.8 Å². The van der Waals surface area contributed by atoms with E-state index >= 15 is 0 Å². The molecule has 0 aliphatic carbocycles. The first-order valence-electron chi connectivity index (χ1n) is 9.54. The highest BCUT2D eigenvalue weighted by atomic mass is 127. The van der Waals surface area contributed by atoms with Gasteiger partial charge in [0.05, 0.1) is 6.10 Å². The number of guanidine groups is 1. The molecule has 1 rings (SSSR count). The number of aliphatic imine (C=N–C) groups is 1. The Balaban J connectivity index is 0.00000625. The number of nitrogens with zero attached hydrogens (tertiary/aromatic N) is 2. The standard InChI is InChI=1S/C19H38N4O2.HI/c1-15(10-11-19(2,3)4)22-18(21-14-17(24)23(5)6)20-13-16-9-7-8-12-25-16;/h15-16H,7-14H2,1-6H3,(H2,20,21,22);1H. The third kappa shape index (κ3) is 11.9. The van der Waals surface area contributed by atoms with Gasteiger partial charge >= 0.3 is 0 Å². The zero-order chi connectivity index (χ0) is 18.9. The van der Waals surface area contributed by atoms with E-state index in [0.717, 1.165) is 38.8 Å². The Morgan fingerprint density at radius 1 is 1.31 bits per heavy atom. The highest BCUT2D eigenvalue weighted by molar-refractivity contribution is 14.0. The summed E-state index contributed by atoms with van der Waals surface area (Å²) in [6.07, 6.45) is 5.87. The van der Waals surface area contributed by atoms with Gasteiger partial charge in [0.15, 0.2) is 5.96 Å². The molecule has 6 nitrogen and oxygen atoms in total. The van der Waals surface area contributed by atoms with E-state index in [1.165, 1.54) is 6.42 Å². The van der Waals surface area contributed by atoms with Crippen molar-refractivity contribution in [2.24, 2.45) is 10.4 Å². The molecule has 0 bridgehead atoms. The summed E-state index contributed by atoms with van der Waals surface area (Å²) < 4.78 is 5.77. The third-order valence-corrected chi connectivity index (χ3v) is 4.35. The lowest BCUT2D eigenvalue weighted by molar-refractivity contribution is -0.127. The van der Waals surface area contributed by atoms with Crippen LogP contribution in [-0.2, 0) is 9.53 Å². The van der Waals surface area contributed by atoms with Crippen molar-refractivity contribution in [2.75, 3.05) is 33.8 Å². The number of carbonyl (C=O) groups is 1. The average molecular weight is 482 g/mol. The summed E-state index contributed by atoms with van der Waals surface area (Å²) >= 11 is 0. The second-order valence-electron chi connectivity index (χ2n) is 8.47. The molecule has 0 spiro atoms. The molecule has 2 N–H and O–H groups in total. The predicted octanol–water partition coefficient (Wildman–Crippen LogP) is 3.01. The fraction of sp³-hybridized carbons (Fsp3) is 0.895. The van der Waals surface area contributed by atoms with Crippen molar-refractivity contribution < 1.29 is 9.53 Å². The summed E-state index contributed by atoms with van der Waals surface area (Å²) in [4.78, 5) is 17.9. The molecule has 1 heterocycles. The van der Waals surface area contributed by atoms with Crippen molar-refractivity contribution in [3.63, 3.8) is 0 Å². The molecule has 1 aliphatic heterocycles. The first-order valence-corrected chi connectivity index (χ1v) is 9.54. The largest absolute Gasteiger partial charge is 0.376 e. The molecule has 0 radical (unpaired) electrons. The van der Waals surface area contributed by atoms with E-state index in [1.54, 1.807) is 19.0 Å². The van der Waals surface area contributed by atoms with Gasteiger partial charge in [0.25, 0.3) is 0 Å². The van der Waals surface area contributed by atoms with E-state index in [4.69, 9.17) is 4.74 Å².